The van der Waals surface area contributed by atoms with Crippen molar-refractivity contribution >= 4 is 63.0 Å². The van der Waals surface area contributed by atoms with E-state index in [-0.39, 0.29) is 40.2 Å². The molecule has 1 unspecified atom stereocenters. The quantitative estimate of drug-likeness (QED) is 0.0913. The van der Waals surface area contributed by atoms with Crippen molar-refractivity contribution in [3.8, 4) is 11.5 Å². The Bertz CT molecular complexity index is 1860. The fraction of sp³-hybridized carbons (Fsp3) is 0.382. The lowest BCUT2D eigenvalue weighted by molar-refractivity contribution is -0.153. The Labute approximate surface area is 299 Å². The molecule has 1 aliphatic carbocycles. The highest BCUT2D eigenvalue weighted by atomic mass is 35.5. The number of pyridine rings is 1. The smallest absolute Gasteiger partial charge is 0.387 e. The van der Waals surface area contributed by atoms with Crippen LogP contribution in [-0.4, -0.2) is 55.6 Å². The molecule has 0 bridgehead atoms. The molecule has 0 aliphatic heterocycles. The second kappa shape index (κ2) is 15.9. The van der Waals surface area contributed by atoms with Crippen LogP contribution in [0.3, 0.4) is 0 Å². The molecule has 2 heterocycles. The van der Waals surface area contributed by atoms with Gasteiger partial charge < -0.3 is 28.1 Å². The highest BCUT2D eigenvalue weighted by Crippen LogP contribution is 2.38. The maximum atomic E-state index is 13.5. The summed E-state index contributed by atoms with van der Waals surface area (Å²) in [6, 6.07) is 10.7. The Balaban J connectivity index is 1.38. The van der Waals surface area contributed by atoms with Crippen LogP contribution in [0.5, 0.6) is 11.5 Å². The van der Waals surface area contributed by atoms with E-state index in [1.807, 2.05) is 0 Å². The number of fused-ring (bicyclic) bond motifs is 1. The Morgan fingerprint density at radius 1 is 1.06 bits per heavy atom. The minimum absolute atomic E-state index is 0.0264. The molecule has 11 nitrogen and oxygen atoms in total. The van der Waals surface area contributed by atoms with Crippen LogP contribution in [0.1, 0.15) is 50.8 Å². The van der Waals surface area contributed by atoms with E-state index in [1.54, 1.807) is 49.7 Å². The molecule has 268 valence electrons. The molecule has 2 aromatic carbocycles. The molecule has 5 rings (SSSR count). The second-order valence-corrected chi connectivity index (χ2v) is 14.3. The van der Waals surface area contributed by atoms with Gasteiger partial charge in [0, 0.05) is 52.9 Å². The first-order chi connectivity index (χ1) is 23.7. The van der Waals surface area contributed by atoms with Crippen LogP contribution in [0.25, 0.3) is 10.9 Å². The third-order valence-corrected chi connectivity index (χ3v) is 8.91. The number of hydrogen-bond acceptors (Lipinski definition) is 9. The van der Waals surface area contributed by atoms with Crippen molar-refractivity contribution in [3.63, 3.8) is 0 Å². The van der Waals surface area contributed by atoms with Crippen LogP contribution in [0.4, 0.5) is 14.5 Å². The summed E-state index contributed by atoms with van der Waals surface area (Å²) in [5, 5.41) is 1.08. The van der Waals surface area contributed by atoms with Crippen molar-refractivity contribution in [2.45, 2.75) is 64.9 Å². The van der Waals surface area contributed by atoms with Gasteiger partial charge in [0.1, 0.15) is 24.8 Å². The van der Waals surface area contributed by atoms with Crippen molar-refractivity contribution in [2.24, 2.45) is 5.92 Å². The van der Waals surface area contributed by atoms with E-state index >= 15 is 0 Å². The fourth-order valence-corrected chi connectivity index (χ4v) is 6.12. The predicted molar refractivity (Wildman–Crippen MR) is 182 cm³/mol. The van der Waals surface area contributed by atoms with Crippen LogP contribution in [0.2, 0.25) is 10.0 Å². The summed E-state index contributed by atoms with van der Waals surface area (Å²) in [6.07, 6.45) is 5.44. The predicted octanol–water partition coefficient (Wildman–Crippen LogP) is 7.20. The summed E-state index contributed by atoms with van der Waals surface area (Å²) in [6.45, 7) is 1.51. The van der Waals surface area contributed by atoms with Crippen LogP contribution < -0.4 is 13.8 Å². The zero-order valence-corrected chi connectivity index (χ0v) is 29.6. The summed E-state index contributed by atoms with van der Waals surface area (Å²) in [5.74, 6) is -1.13. The Hall–Kier alpha value is -3.98. The number of benzene rings is 2. The van der Waals surface area contributed by atoms with E-state index in [4.69, 9.17) is 37.4 Å². The number of carbonyl (C=O) groups is 2. The first-order valence-corrected chi connectivity index (χ1v) is 17.3. The number of hydrogen-bond donors (Lipinski definition) is 0. The number of halogens is 4. The number of ether oxygens (including phenoxy) is 4. The van der Waals surface area contributed by atoms with E-state index in [2.05, 4.69) is 9.72 Å². The standard InChI is InChI=1S/C34H35Cl2F2N3O8S/c1-34(2,3)49-32(43)18-41(50(44)45)23-7-8-27-21(12-23)10-11-40(27)17-31(42)47-29(14-24-25(35)15-39-16-26(24)36)22-6-9-28(48-33(37)38)30(13-22)46-19-20-4-5-20/h6-13,15-16,20,29,33H,4-5,14,17-19H2,1-3H3,(H,44,45)/p-1/t29-/m0/s1. The van der Waals surface area contributed by atoms with Crippen LogP contribution in [0, 0.1) is 5.92 Å². The fourth-order valence-electron chi connectivity index (χ4n) is 5.11. The van der Waals surface area contributed by atoms with Crippen LogP contribution in [-0.2, 0) is 43.3 Å². The molecule has 16 heteroatoms. The first-order valence-electron chi connectivity index (χ1n) is 15.5. The second-order valence-electron chi connectivity index (χ2n) is 12.6. The Morgan fingerprint density at radius 2 is 1.78 bits per heavy atom. The molecule has 4 aromatic rings. The highest BCUT2D eigenvalue weighted by Gasteiger charge is 2.26. The molecule has 0 saturated heterocycles. The van der Waals surface area contributed by atoms with Crippen molar-refractivity contribution in [3.05, 3.63) is 82.2 Å². The van der Waals surface area contributed by atoms with E-state index in [0.717, 1.165) is 17.1 Å². The number of anilines is 1. The molecule has 0 radical (unpaired) electrons. The average molecular weight is 754 g/mol. The molecule has 1 fully saturated rings. The zero-order chi connectivity index (χ0) is 36.2. The van der Waals surface area contributed by atoms with Gasteiger partial charge in [-0.15, -0.1) is 0 Å². The maximum Gasteiger partial charge on any atom is 0.387 e. The van der Waals surface area contributed by atoms with Gasteiger partial charge in [-0.25, -0.2) is 0 Å². The maximum absolute atomic E-state index is 13.5. The van der Waals surface area contributed by atoms with E-state index in [9.17, 15) is 27.1 Å². The molecule has 2 atom stereocenters. The van der Waals surface area contributed by atoms with Gasteiger partial charge in [-0.2, -0.15) is 8.78 Å². The van der Waals surface area contributed by atoms with Gasteiger partial charge in [-0.3, -0.25) is 23.1 Å². The normalized spacial score (nSPS) is 14.3. The van der Waals surface area contributed by atoms with Crippen molar-refractivity contribution in [2.75, 3.05) is 17.5 Å². The molecule has 1 aliphatic rings. The molecule has 0 spiro atoms. The number of aromatic nitrogens is 2. The summed E-state index contributed by atoms with van der Waals surface area (Å²) in [7, 11) is 0. The number of rotatable bonds is 15. The summed E-state index contributed by atoms with van der Waals surface area (Å²) >= 11 is 10.0. The van der Waals surface area contributed by atoms with Crippen molar-refractivity contribution in [1.82, 2.24) is 9.55 Å². The SMILES string of the molecule is CC(C)(C)OC(=O)CN(c1ccc2c(ccn2CC(=O)O[C@@H](Cc2c(Cl)cncc2Cl)c2ccc(OC(F)F)c(OCC3CC3)c2)c1)S(=O)[O-]. The molecular formula is C34H34Cl2F2N3O8S-. The van der Waals surface area contributed by atoms with Gasteiger partial charge in [0.2, 0.25) is 0 Å². The van der Waals surface area contributed by atoms with Gasteiger partial charge in [0.25, 0.3) is 0 Å². The van der Waals surface area contributed by atoms with Gasteiger partial charge in [-0.1, -0.05) is 29.3 Å². The monoisotopic (exact) mass is 752 g/mol. The number of carbonyl (C=O) groups excluding carboxylic acids is 2. The van der Waals surface area contributed by atoms with Crippen molar-refractivity contribution in [1.29, 1.82) is 0 Å². The number of alkyl halides is 2. The summed E-state index contributed by atoms with van der Waals surface area (Å²) in [4.78, 5) is 29.8. The highest BCUT2D eigenvalue weighted by molar-refractivity contribution is 7.80. The largest absolute Gasteiger partial charge is 0.755 e. The molecule has 50 heavy (non-hydrogen) atoms. The topological polar surface area (TPSA) is 132 Å². The molecular weight excluding hydrogens is 719 g/mol. The molecule has 0 amide bonds. The molecule has 0 N–H and O–H groups in total. The number of esters is 2. The van der Waals surface area contributed by atoms with Gasteiger partial charge in [-0.05, 0) is 87.1 Å². The van der Waals surface area contributed by atoms with E-state index < -0.39 is 48.1 Å². The van der Waals surface area contributed by atoms with Crippen LogP contribution >= 0.6 is 23.2 Å². The van der Waals surface area contributed by atoms with Gasteiger partial charge in [0.05, 0.1) is 16.7 Å². The van der Waals surface area contributed by atoms with E-state index in [1.165, 1.54) is 36.7 Å². The summed E-state index contributed by atoms with van der Waals surface area (Å²) < 4.78 is 74.6. The van der Waals surface area contributed by atoms with Crippen molar-refractivity contribution < 1.29 is 46.1 Å². The minimum Gasteiger partial charge on any atom is -0.755 e. The van der Waals surface area contributed by atoms with Crippen LogP contribution in [0.15, 0.2) is 61.1 Å². The van der Waals surface area contributed by atoms with Gasteiger partial charge >= 0.3 is 18.6 Å². The number of nitrogens with zero attached hydrogens (tertiary/aromatic N) is 3. The Morgan fingerprint density at radius 3 is 2.42 bits per heavy atom. The molecule has 2 aromatic heterocycles. The minimum atomic E-state index is -3.07. The first kappa shape index (κ1) is 37.3. The molecule has 1 saturated carbocycles. The zero-order valence-electron chi connectivity index (χ0n) is 27.3. The average Bonchev–Trinajstić information content (AvgIpc) is 3.78. The lowest BCUT2D eigenvalue weighted by Gasteiger charge is -2.27. The summed E-state index contributed by atoms with van der Waals surface area (Å²) in [5.41, 5.74) is 0.896. The lowest BCUT2D eigenvalue weighted by Crippen LogP contribution is -2.36. The lowest BCUT2D eigenvalue weighted by atomic mass is 10.0. The Kier molecular flexibility index (Phi) is 11.9. The van der Waals surface area contributed by atoms with Gasteiger partial charge in [0.15, 0.2) is 11.5 Å². The third-order valence-electron chi connectivity index (χ3n) is 7.56. The third kappa shape index (κ3) is 10.1. The van der Waals surface area contributed by atoms with E-state index in [0.29, 0.717) is 34.6 Å².